The molecule has 4 heteroatoms. The first-order valence-corrected chi connectivity index (χ1v) is 21.3. The maximum atomic E-state index is 9.79. The van der Waals surface area contributed by atoms with Crippen LogP contribution in [0.5, 0.6) is 0 Å². The average Bonchev–Trinajstić information content (AvgIpc) is 3.33. The monoisotopic (exact) mass is 798 g/mol. The van der Waals surface area contributed by atoms with E-state index in [9.17, 15) is 5.26 Å². The number of aryl methyl sites for hydroxylation is 6. The van der Waals surface area contributed by atoms with Crippen molar-refractivity contribution in [3.05, 3.63) is 233 Å². The lowest BCUT2D eigenvalue weighted by Gasteiger charge is -2.18. The maximum Gasteiger partial charge on any atom is 0.0994 e. The zero-order chi connectivity index (χ0) is 42.3. The lowest BCUT2D eigenvalue weighted by molar-refractivity contribution is 0.931. The number of nitrogens with zero attached hydrogens (tertiary/aromatic N) is 4. The molecule has 9 rings (SSSR count). The Morgan fingerprint density at radius 2 is 0.903 bits per heavy atom. The van der Waals surface area contributed by atoms with Gasteiger partial charge in [0.05, 0.1) is 28.7 Å². The number of pyridine rings is 3. The number of hydrogen-bond acceptors (Lipinski definition) is 4. The largest absolute Gasteiger partial charge is 0.256 e. The van der Waals surface area contributed by atoms with Crippen molar-refractivity contribution in [2.75, 3.05) is 0 Å². The zero-order valence-electron chi connectivity index (χ0n) is 35.1. The van der Waals surface area contributed by atoms with Gasteiger partial charge in [-0.3, -0.25) is 15.0 Å². The smallest absolute Gasteiger partial charge is 0.0994 e. The summed E-state index contributed by atoms with van der Waals surface area (Å²) < 4.78 is 0. The molecular formula is C58H46N4. The Labute approximate surface area is 364 Å². The van der Waals surface area contributed by atoms with Gasteiger partial charge < -0.3 is 0 Å². The van der Waals surface area contributed by atoms with Crippen LogP contribution in [0.1, 0.15) is 38.9 Å². The molecule has 4 nitrogen and oxygen atoms in total. The van der Waals surface area contributed by atoms with E-state index in [1.165, 1.54) is 38.9 Å². The number of nitriles is 1. The second-order valence-corrected chi connectivity index (χ2v) is 16.0. The molecule has 9 aromatic rings. The summed E-state index contributed by atoms with van der Waals surface area (Å²) in [7, 11) is 0. The van der Waals surface area contributed by atoms with E-state index in [4.69, 9.17) is 4.98 Å². The Hall–Kier alpha value is -7.74. The Balaban J connectivity index is 1.09. The van der Waals surface area contributed by atoms with Crippen LogP contribution in [0.2, 0.25) is 0 Å². The second-order valence-electron chi connectivity index (χ2n) is 16.0. The van der Waals surface area contributed by atoms with Gasteiger partial charge in [0, 0.05) is 35.3 Å². The first-order chi connectivity index (χ1) is 30.5. The summed E-state index contributed by atoms with van der Waals surface area (Å²) in [4.78, 5) is 13.8. The summed E-state index contributed by atoms with van der Waals surface area (Å²) in [5.41, 5.74) is 21.1. The van der Waals surface area contributed by atoms with Crippen molar-refractivity contribution < 1.29 is 0 Å². The number of rotatable bonds is 12. The fourth-order valence-corrected chi connectivity index (χ4v) is 8.33. The summed E-state index contributed by atoms with van der Waals surface area (Å²) in [6.07, 6.45) is 9.25. The Morgan fingerprint density at radius 1 is 0.371 bits per heavy atom. The van der Waals surface area contributed by atoms with Gasteiger partial charge in [0.25, 0.3) is 0 Å². The highest BCUT2D eigenvalue weighted by Crippen LogP contribution is 2.41. The number of benzene rings is 6. The van der Waals surface area contributed by atoms with Crippen molar-refractivity contribution in [2.45, 2.75) is 39.5 Å². The molecule has 0 bridgehead atoms. The molecule has 3 heterocycles. The minimum Gasteiger partial charge on any atom is -0.256 e. The van der Waals surface area contributed by atoms with Gasteiger partial charge in [-0.25, -0.2) is 0 Å². The Morgan fingerprint density at radius 3 is 1.47 bits per heavy atom. The van der Waals surface area contributed by atoms with Gasteiger partial charge in [0.2, 0.25) is 0 Å². The van der Waals surface area contributed by atoms with Crippen LogP contribution in [0.4, 0.5) is 0 Å². The first kappa shape index (κ1) is 39.7. The van der Waals surface area contributed by atoms with E-state index < -0.39 is 0 Å². The normalized spacial score (nSPS) is 11.0. The standard InChI is InChI=1S/C58H46N4/c1-40-29-32-62-58(33-40)49-27-28-54(55(38-49)48-25-26-50(39-59)41(2)34-48)53-10-4-3-9-52(53)51-36-44(15-13-42-17-21-46(22-18-42)56-11-5-7-30-60-56)35-45(37-51)16-14-43-19-23-47(24-20-43)57-12-6-8-31-61-57/h3-12,17-38H,13-16H2,1-2H3. The number of aromatic nitrogens is 3. The highest BCUT2D eigenvalue weighted by molar-refractivity contribution is 5.93. The minimum absolute atomic E-state index is 0.685. The molecule has 0 unspecified atom stereocenters. The molecule has 0 aliphatic heterocycles. The predicted octanol–water partition coefficient (Wildman–Crippen LogP) is 13.9. The fraction of sp³-hybridized carbons (Fsp3) is 0.103. The van der Waals surface area contributed by atoms with E-state index >= 15 is 0 Å². The van der Waals surface area contributed by atoms with Crippen LogP contribution < -0.4 is 0 Å². The molecule has 0 atom stereocenters. The van der Waals surface area contributed by atoms with Crippen LogP contribution >= 0.6 is 0 Å². The molecule has 0 saturated carbocycles. The van der Waals surface area contributed by atoms with E-state index in [0.29, 0.717) is 5.56 Å². The van der Waals surface area contributed by atoms with Crippen LogP contribution in [-0.4, -0.2) is 15.0 Å². The van der Waals surface area contributed by atoms with Gasteiger partial charge in [0.1, 0.15) is 0 Å². The molecule has 0 N–H and O–H groups in total. The van der Waals surface area contributed by atoms with Crippen LogP contribution in [0.25, 0.3) is 67.2 Å². The molecule has 0 amide bonds. The van der Waals surface area contributed by atoms with Crippen molar-refractivity contribution in [3.63, 3.8) is 0 Å². The SMILES string of the molecule is Cc1ccnc(-c2ccc(-c3ccccc3-c3cc(CCc4ccc(-c5ccccn5)cc4)cc(CCc4ccc(-c5ccccn5)cc4)c3)c(-c3ccc(C#N)c(C)c3)c2)c1. The average molecular weight is 799 g/mol. The van der Waals surface area contributed by atoms with Gasteiger partial charge in [-0.2, -0.15) is 5.26 Å². The van der Waals surface area contributed by atoms with Crippen LogP contribution in [0.3, 0.4) is 0 Å². The van der Waals surface area contributed by atoms with Crippen molar-refractivity contribution in [1.82, 2.24) is 15.0 Å². The summed E-state index contributed by atoms with van der Waals surface area (Å²) in [5.74, 6) is 0. The van der Waals surface area contributed by atoms with E-state index in [-0.39, 0.29) is 0 Å². The topological polar surface area (TPSA) is 62.5 Å². The molecule has 0 fully saturated rings. The fourth-order valence-electron chi connectivity index (χ4n) is 8.33. The van der Waals surface area contributed by atoms with Crippen molar-refractivity contribution in [1.29, 1.82) is 5.26 Å². The third kappa shape index (κ3) is 9.04. The quantitative estimate of drug-likeness (QED) is 0.123. The van der Waals surface area contributed by atoms with E-state index in [0.717, 1.165) is 87.3 Å². The molecule has 0 spiro atoms. The molecule has 62 heavy (non-hydrogen) atoms. The molecule has 0 aliphatic carbocycles. The van der Waals surface area contributed by atoms with E-state index in [1.54, 1.807) is 0 Å². The maximum absolute atomic E-state index is 9.79. The molecular weight excluding hydrogens is 753 g/mol. The number of hydrogen-bond donors (Lipinski definition) is 0. The summed E-state index contributed by atoms with van der Waals surface area (Å²) in [5, 5.41) is 9.79. The van der Waals surface area contributed by atoms with E-state index in [1.807, 2.05) is 61.9 Å². The zero-order valence-corrected chi connectivity index (χ0v) is 35.1. The van der Waals surface area contributed by atoms with Crippen molar-refractivity contribution in [2.24, 2.45) is 0 Å². The Kier molecular flexibility index (Phi) is 11.7. The summed E-state index contributed by atoms with van der Waals surface area (Å²) in [6, 6.07) is 65.1. The molecule has 0 radical (unpaired) electrons. The lowest BCUT2D eigenvalue weighted by atomic mass is 9.86. The lowest BCUT2D eigenvalue weighted by Crippen LogP contribution is -1.98. The van der Waals surface area contributed by atoms with Crippen molar-refractivity contribution in [3.8, 4) is 73.2 Å². The highest BCUT2D eigenvalue weighted by Gasteiger charge is 2.17. The minimum atomic E-state index is 0.685. The van der Waals surface area contributed by atoms with Crippen LogP contribution in [0.15, 0.2) is 195 Å². The van der Waals surface area contributed by atoms with Gasteiger partial charge in [-0.1, -0.05) is 127 Å². The molecule has 0 saturated heterocycles. The summed E-state index contributed by atoms with van der Waals surface area (Å²) >= 11 is 0. The predicted molar refractivity (Wildman–Crippen MR) is 254 cm³/mol. The highest BCUT2D eigenvalue weighted by atomic mass is 14.7. The third-order valence-electron chi connectivity index (χ3n) is 11.7. The Bertz CT molecular complexity index is 2910. The summed E-state index contributed by atoms with van der Waals surface area (Å²) in [6.45, 7) is 4.11. The van der Waals surface area contributed by atoms with Gasteiger partial charge in [-0.15, -0.1) is 0 Å². The van der Waals surface area contributed by atoms with Crippen LogP contribution in [-0.2, 0) is 25.7 Å². The van der Waals surface area contributed by atoms with Crippen molar-refractivity contribution >= 4 is 0 Å². The van der Waals surface area contributed by atoms with Gasteiger partial charge >= 0.3 is 0 Å². The first-order valence-electron chi connectivity index (χ1n) is 21.3. The molecule has 0 aliphatic rings. The molecule has 298 valence electrons. The van der Waals surface area contributed by atoms with Gasteiger partial charge in [0.15, 0.2) is 0 Å². The molecule has 6 aromatic carbocycles. The second kappa shape index (κ2) is 18.3. The van der Waals surface area contributed by atoms with E-state index in [2.05, 4.69) is 162 Å². The van der Waals surface area contributed by atoms with Gasteiger partial charge in [-0.05, 0) is 155 Å². The molecule has 3 aromatic heterocycles. The van der Waals surface area contributed by atoms with Crippen LogP contribution in [0, 0.1) is 25.2 Å². The third-order valence-corrected chi connectivity index (χ3v) is 11.7.